The molecule has 1 amide bonds. The zero-order valence-corrected chi connectivity index (χ0v) is 46.8. The quantitative estimate of drug-likeness (QED) is 0.0137. The van der Waals surface area contributed by atoms with E-state index in [0.29, 0.717) is 13.2 Å². The number of rotatable bonds is 32. The van der Waals surface area contributed by atoms with Gasteiger partial charge in [-0.2, -0.15) is 0 Å². The monoisotopic (exact) mass is 1130 g/mol. The van der Waals surface area contributed by atoms with Gasteiger partial charge in [0.25, 0.3) is 0 Å². The van der Waals surface area contributed by atoms with E-state index >= 15 is 0 Å². The maximum Gasteiger partial charge on any atom is 0.217 e. The lowest BCUT2D eigenvalue weighted by Crippen LogP contribution is -2.70. The van der Waals surface area contributed by atoms with Gasteiger partial charge in [-0.3, -0.25) is 4.79 Å². The van der Waals surface area contributed by atoms with Crippen molar-refractivity contribution in [2.75, 3.05) is 26.4 Å². The molecule has 5 aromatic rings. The van der Waals surface area contributed by atoms with Crippen LogP contribution in [0.4, 0.5) is 0 Å². The third kappa shape index (κ3) is 18.7. The van der Waals surface area contributed by atoms with Gasteiger partial charge in [0.1, 0.15) is 67.1 Å². The Morgan fingerprint density at radius 1 is 0.500 bits per heavy atom. The third-order valence-corrected chi connectivity index (χ3v) is 14.6. The Kier molecular flexibility index (Phi) is 25.5. The van der Waals surface area contributed by atoms with Crippen LogP contribution in [-0.4, -0.2) is 140 Å². The van der Waals surface area contributed by atoms with Crippen LogP contribution in [0.3, 0.4) is 0 Å². The molecule has 5 aromatic carbocycles. The van der Waals surface area contributed by atoms with Crippen molar-refractivity contribution in [1.82, 2.24) is 5.32 Å². The Bertz CT molecular complexity index is 2610. The predicted octanol–water partition coefficient (Wildman–Crippen LogP) is 8.40. The van der Waals surface area contributed by atoms with Gasteiger partial charge in [-0.25, -0.2) is 0 Å². The molecule has 0 aliphatic carbocycles. The molecule has 0 saturated carbocycles. The first-order valence-corrected chi connectivity index (χ1v) is 28.6. The molecule has 0 radical (unpaired) electrons. The molecule has 3 aliphatic heterocycles. The van der Waals surface area contributed by atoms with E-state index in [0.717, 1.165) is 66.3 Å². The van der Waals surface area contributed by atoms with E-state index in [1.807, 2.05) is 152 Å². The van der Waals surface area contributed by atoms with E-state index in [9.17, 15) is 25.6 Å². The second-order valence-corrected chi connectivity index (χ2v) is 20.9. The topological polar surface area (TPSA) is 240 Å². The van der Waals surface area contributed by atoms with Crippen LogP contribution >= 0.6 is 0 Å². The van der Waals surface area contributed by atoms with E-state index in [1.54, 1.807) is 0 Å². The summed E-state index contributed by atoms with van der Waals surface area (Å²) in [5.74, 6) is -0.470. The third-order valence-electron chi connectivity index (χ3n) is 14.6. The summed E-state index contributed by atoms with van der Waals surface area (Å²) in [5.41, 5.74) is 13.6. The first-order chi connectivity index (χ1) is 40.2. The lowest BCUT2D eigenvalue weighted by molar-refractivity contribution is -0.379. The summed E-state index contributed by atoms with van der Waals surface area (Å²) in [7, 11) is 0. The van der Waals surface area contributed by atoms with Crippen LogP contribution < -0.4 is 5.32 Å². The van der Waals surface area contributed by atoms with E-state index in [4.69, 9.17) is 52.1 Å². The molecule has 3 aliphatic rings. The summed E-state index contributed by atoms with van der Waals surface area (Å²) in [6.45, 7) is 4.18. The van der Waals surface area contributed by atoms with E-state index in [-0.39, 0.29) is 46.2 Å². The van der Waals surface area contributed by atoms with Gasteiger partial charge < -0.3 is 72.7 Å². The Morgan fingerprint density at radius 2 is 0.939 bits per heavy atom. The van der Waals surface area contributed by atoms with Gasteiger partial charge in [0.2, 0.25) is 5.91 Å². The van der Waals surface area contributed by atoms with Crippen molar-refractivity contribution in [1.29, 1.82) is 0 Å². The Labute approximate surface area is 480 Å². The molecule has 19 nitrogen and oxygen atoms in total. The van der Waals surface area contributed by atoms with Gasteiger partial charge in [-0.1, -0.05) is 196 Å². The van der Waals surface area contributed by atoms with Gasteiger partial charge in [-0.05, 0) is 39.8 Å². The molecule has 8 rings (SSSR count). The van der Waals surface area contributed by atoms with Crippen LogP contribution in [0.25, 0.3) is 10.4 Å². The highest BCUT2D eigenvalue weighted by molar-refractivity contribution is 5.73. The van der Waals surface area contributed by atoms with Crippen molar-refractivity contribution >= 4 is 5.91 Å². The molecule has 0 spiro atoms. The fourth-order valence-corrected chi connectivity index (χ4v) is 10.3. The number of amides is 1. The highest BCUT2D eigenvalue weighted by Gasteiger charge is 2.56. The summed E-state index contributed by atoms with van der Waals surface area (Å²) in [6, 6.07) is 47.2. The van der Waals surface area contributed by atoms with Gasteiger partial charge in [0.15, 0.2) is 18.9 Å². The highest BCUT2D eigenvalue weighted by Crippen LogP contribution is 2.37. The zero-order valence-electron chi connectivity index (χ0n) is 46.8. The minimum absolute atomic E-state index is 0.0000938. The van der Waals surface area contributed by atoms with Gasteiger partial charge in [0.05, 0.1) is 58.9 Å². The van der Waals surface area contributed by atoms with Crippen molar-refractivity contribution in [3.63, 3.8) is 0 Å². The first kappa shape index (κ1) is 62.4. The van der Waals surface area contributed by atoms with Crippen molar-refractivity contribution in [2.45, 2.75) is 177 Å². The van der Waals surface area contributed by atoms with Crippen LogP contribution in [0, 0.1) is 0 Å². The number of hydrogen-bond acceptors (Lipinski definition) is 16. The van der Waals surface area contributed by atoms with Crippen LogP contribution in [0.5, 0.6) is 0 Å². The van der Waals surface area contributed by atoms with E-state index < -0.39 is 98.0 Å². The number of nitrogens with zero attached hydrogens (tertiary/aromatic N) is 3. The summed E-state index contributed by atoms with van der Waals surface area (Å²) in [4.78, 5) is 16.5. The van der Waals surface area contributed by atoms with Gasteiger partial charge in [0, 0.05) is 18.4 Å². The standard InChI is InChI=1S/C63H80N4O15/c1-3-4-5-6-7-23-34-74-63-60(59(77-40-48-32-21-12-22-33-48)56(75-38-46-28-17-10-18-29-46)50(80-63)41-72-36-44-24-13-8-14-25-44)82-61-52(66-43(2)68)58(76-39-47-30-19-11-20-31-47)57(51(79-61)42-73-37-45-26-15-9-16-27-45)81-62-55(71)54(70)53(69)49(78-62)35-65-67-64/h8-22,24-33,49-63,69-71H,3-7,23,34-42H2,1-2H3,(H,66,68)/t49-,50-,51-,52-,53+,54+,55-,56-,57-,58-,59+,60+,61+,62+,63+/m1/s1. The number of ether oxygens (including phenoxy) is 11. The lowest BCUT2D eigenvalue weighted by atomic mass is 9.94. The normalized spacial score (nSPS) is 28.2. The Balaban J connectivity index is 1.20. The summed E-state index contributed by atoms with van der Waals surface area (Å²) >= 11 is 0. The maximum atomic E-state index is 13.7. The molecule has 3 heterocycles. The number of hydrogen-bond donors (Lipinski definition) is 4. The number of unbranched alkanes of at least 4 members (excludes halogenated alkanes) is 5. The smallest absolute Gasteiger partial charge is 0.217 e. The molecule has 4 N–H and O–H groups in total. The molecule has 0 aromatic heterocycles. The van der Waals surface area contributed by atoms with Gasteiger partial charge in [-0.15, -0.1) is 0 Å². The number of benzene rings is 5. The zero-order chi connectivity index (χ0) is 57.3. The molecular formula is C63H80N4O15. The van der Waals surface area contributed by atoms with Crippen LogP contribution in [-0.2, 0) is 89.9 Å². The molecular weight excluding hydrogens is 1050 g/mol. The van der Waals surface area contributed by atoms with Crippen molar-refractivity contribution in [2.24, 2.45) is 5.11 Å². The summed E-state index contributed by atoms with van der Waals surface area (Å²) < 4.78 is 75.0. The van der Waals surface area contributed by atoms with Crippen molar-refractivity contribution in [3.05, 3.63) is 190 Å². The fraction of sp³-hybridized carbons (Fsp3) is 0.508. The molecule has 3 saturated heterocycles. The summed E-state index contributed by atoms with van der Waals surface area (Å²) in [6.07, 6.45) is -11.8. The molecule has 0 unspecified atom stereocenters. The van der Waals surface area contributed by atoms with E-state index in [1.165, 1.54) is 6.92 Å². The van der Waals surface area contributed by atoms with E-state index in [2.05, 4.69) is 22.3 Å². The van der Waals surface area contributed by atoms with Crippen molar-refractivity contribution in [3.8, 4) is 0 Å². The first-order valence-electron chi connectivity index (χ1n) is 28.6. The second-order valence-electron chi connectivity index (χ2n) is 20.9. The minimum atomic E-state index is -1.81. The Hall–Kier alpha value is -5.68. The molecule has 15 atom stereocenters. The number of carbonyl (C=O) groups is 1. The average molecular weight is 1130 g/mol. The predicted molar refractivity (Wildman–Crippen MR) is 302 cm³/mol. The van der Waals surface area contributed by atoms with Crippen LogP contribution in [0.2, 0.25) is 0 Å². The van der Waals surface area contributed by atoms with Crippen molar-refractivity contribution < 1.29 is 72.2 Å². The fourth-order valence-electron chi connectivity index (χ4n) is 10.3. The number of aliphatic hydroxyl groups excluding tert-OH is 3. The average Bonchev–Trinajstić information content (AvgIpc) is 3.60. The Morgan fingerprint density at radius 3 is 1.45 bits per heavy atom. The van der Waals surface area contributed by atoms with Crippen LogP contribution in [0.15, 0.2) is 157 Å². The van der Waals surface area contributed by atoms with Gasteiger partial charge >= 0.3 is 0 Å². The minimum Gasteiger partial charge on any atom is -0.388 e. The highest BCUT2D eigenvalue weighted by atomic mass is 16.8. The summed E-state index contributed by atoms with van der Waals surface area (Å²) in [5, 5.41) is 40.3. The molecule has 442 valence electrons. The molecule has 82 heavy (non-hydrogen) atoms. The molecule has 3 fully saturated rings. The number of nitrogens with one attached hydrogen (secondary N) is 1. The largest absolute Gasteiger partial charge is 0.388 e. The molecule has 0 bridgehead atoms. The maximum absolute atomic E-state index is 13.7. The lowest BCUT2D eigenvalue weighted by Gasteiger charge is -2.51. The second kappa shape index (κ2) is 33.6. The molecule has 19 heteroatoms. The SMILES string of the molecule is CCCCCCCCO[C@H]1O[C@H](COCc2ccccc2)[C@@H](OCc2ccccc2)[C@H](OCc2ccccc2)[C@@H]1O[C@@H]1O[C@H](COCc2ccccc2)[C@@H](O[C@@H]2O[C@H](CN=[N+]=[N-])[C@H](O)[C@H](O)[C@H]2O)[C@H](OCc2ccccc2)[C@H]1NC(C)=O. The number of carbonyl (C=O) groups excluding carboxylic acids is 1. The number of aliphatic hydroxyl groups is 3. The van der Waals surface area contributed by atoms with Crippen LogP contribution in [0.1, 0.15) is 80.2 Å². The number of azide groups is 1.